The zero-order valence-corrected chi connectivity index (χ0v) is 13.4. The Morgan fingerprint density at radius 2 is 1.88 bits per heavy atom. The second-order valence-corrected chi connectivity index (χ2v) is 6.23. The van der Waals surface area contributed by atoms with Crippen LogP contribution in [0.4, 0.5) is 5.13 Å². The number of fused-ring (bicyclic) bond motifs is 1. The molecule has 0 unspecified atom stereocenters. The van der Waals surface area contributed by atoms with Crippen molar-refractivity contribution in [2.45, 2.75) is 6.54 Å². The highest BCUT2D eigenvalue weighted by Gasteiger charge is 2.10. The second-order valence-electron chi connectivity index (χ2n) is 5.20. The predicted octanol–water partition coefficient (Wildman–Crippen LogP) is 3.19. The summed E-state index contributed by atoms with van der Waals surface area (Å²) in [5.74, 6) is -0.182. The van der Waals surface area contributed by atoms with Crippen LogP contribution in [0.1, 0.15) is 0 Å². The lowest BCUT2D eigenvalue weighted by atomic mass is 10.2. The molecule has 4 aromatic rings. The van der Waals surface area contributed by atoms with E-state index >= 15 is 0 Å². The lowest BCUT2D eigenvalue weighted by Gasteiger charge is -2.00. The Balaban J connectivity index is 1.45. The highest BCUT2D eigenvalue weighted by atomic mass is 32.1. The molecule has 0 aliphatic rings. The van der Waals surface area contributed by atoms with E-state index in [0.29, 0.717) is 5.13 Å². The van der Waals surface area contributed by atoms with Gasteiger partial charge in [-0.1, -0.05) is 59.0 Å². The Bertz CT molecular complexity index is 959. The van der Waals surface area contributed by atoms with Crippen molar-refractivity contribution in [2.24, 2.45) is 0 Å². The number of hydrogen-bond acceptors (Lipinski definition) is 5. The van der Waals surface area contributed by atoms with Crippen molar-refractivity contribution in [1.29, 1.82) is 0 Å². The van der Waals surface area contributed by atoms with E-state index in [1.807, 2.05) is 54.6 Å². The standard InChI is InChI=1S/C17H13N5OS/c23-16(19-17-18-13-8-4-5-9-15(13)24-17)11-22-10-14(20-21-22)12-6-2-1-3-7-12/h1-10H,11H2,(H,18,19,23). The molecule has 2 heterocycles. The van der Waals surface area contributed by atoms with Crippen molar-refractivity contribution in [3.63, 3.8) is 0 Å². The molecule has 7 heteroatoms. The molecule has 0 saturated carbocycles. The fraction of sp³-hybridized carbons (Fsp3) is 0.0588. The summed E-state index contributed by atoms with van der Waals surface area (Å²) in [6.07, 6.45) is 1.76. The van der Waals surface area contributed by atoms with Crippen LogP contribution in [0.15, 0.2) is 60.8 Å². The van der Waals surface area contributed by atoms with Crippen molar-refractivity contribution in [3.8, 4) is 11.3 Å². The molecule has 4 rings (SSSR count). The van der Waals surface area contributed by atoms with Gasteiger partial charge in [0.15, 0.2) is 5.13 Å². The fourth-order valence-electron chi connectivity index (χ4n) is 2.35. The maximum atomic E-state index is 12.2. The van der Waals surface area contributed by atoms with Gasteiger partial charge in [-0.15, -0.1) is 5.10 Å². The van der Waals surface area contributed by atoms with Crippen LogP contribution in [0.25, 0.3) is 21.5 Å². The number of amides is 1. The first-order valence-electron chi connectivity index (χ1n) is 7.39. The van der Waals surface area contributed by atoms with Crippen LogP contribution >= 0.6 is 11.3 Å². The van der Waals surface area contributed by atoms with Gasteiger partial charge in [-0.25, -0.2) is 9.67 Å². The van der Waals surface area contributed by atoms with Gasteiger partial charge in [-0.05, 0) is 12.1 Å². The average Bonchev–Trinajstić information content (AvgIpc) is 3.21. The minimum atomic E-state index is -0.182. The van der Waals surface area contributed by atoms with Gasteiger partial charge in [0, 0.05) is 5.56 Å². The van der Waals surface area contributed by atoms with Crippen molar-refractivity contribution < 1.29 is 4.79 Å². The molecule has 0 spiro atoms. The SMILES string of the molecule is O=C(Cn1cc(-c2ccccc2)nn1)Nc1nc2ccccc2s1. The van der Waals surface area contributed by atoms with Gasteiger partial charge >= 0.3 is 0 Å². The number of hydrogen-bond donors (Lipinski definition) is 1. The number of nitrogens with one attached hydrogen (secondary N) is 1. The second kappa shape index (κ2) is 6.21. The topological polar surface area (TPSA) is 72.7 Å². The molecular weight excluding hydrogens is 322 g/mol. The zero-order valence-electron chi connectivity index (χ0n) is 12.6. The zero-order chi connectivity index (χ0) is 16.4. The maximum absolute atomic E-state index is 12.2. The lowest BCUT2D eigenvalue weighted by molar-refractivity contribution is -0.116. The molecular formula is C17H13N5OS. The van der Waals surface area contributed by atoms with E-state index in [2.05, 4.69) is 20.6 Å². The van der Waals surface area contributed by atoms with Crippen molar-refractivity contribution in [1.82, 2.24) is 20.0 Å². The minimum Gasteiger partial charge on any atom is -0.300 e. The van der Waals surface area contributed by atoms with Gasteiger partial charge in [0.2, 0.25) is 5.91 Å². The first-order valence-corrected chi connectivity index (χ1v) is 8.20. The molecule has 0 bridgehead atoms. The van der Waals surface area contributed by atoms with Gasteiger partial charge in [0.1, 0.15) is 12.2 Å². The highest BCUT2D eigenvalue weighted by Crippen LogP contribution is 2.25. The van der Waals surface area contributed by atoms with E-state index in [0.717, 1.165) is 21.5 Å². The van der Waals surface area contributed by atoms with Crippen molar-refractivity contribution in [3.05, 3.63) is 60.8 Å². The van der Waals surface area contributed by atoms with E-state index in [1.165, 1.54) is 16.0 Å². The summed E-state index contributed by atoms with van der Waals surface area (Å²) in [4.78, 5) is 16.6. The van der Waals surface area contributed by atoms with E-state index in [-0.39, 0.29) is 12.5 Å². The van der Waals surface area contributed by atoms with Gasteiger partial charge < -0.3 is 5.32 Å². The number of para-hydroxylation sites is 1. The summed E-state index contributed by atoms with van der Waals surface area (Å²) in [5, 5.41) is 11.5. The summed E-state index contributed by atoms with van der Waals surface area (Å²) in [6, 6.07) is 17.5. The molecule has 2 aromatic carbocycles. The van der Waals surface area contributed by atoms with Gasteiger partial charge in [-0.2, -0.15) is 0 Å². The minimum absolute atomic E-state index is 0.0930. The first kappa shape index (κ1) is 14.5. The van der Waals surface area contributed by atoms with Gasteiger partial charge in [0.25, 0.3) is 0 Å². The van der Waals surface area contributed by atoms with Crippen LogP contribution < -0.4 is 5.32 Å². The summed E-state index contributed by atoms with van der Waals surface area (Å²) in [6.45, 7) is 0.0930. The quantitative estimate of drug-likeness (QED) is 0.621. The lowest BCUT2D eigenvalue weighted by Crippen LogP contribution is -2.19. The third-order valence-electron chi connectivity index (χ3n) is 3.45. The highest BCUT2D eigenvalue weighted by molar-refractivity contribution is 7.22. The van der Waals surface area contributed by atoms with E-state index in [4.69, 9.17) is 0 Å². The molecule has 6 nitrogen and oxygen atoms in total. The monoisotopic (exact) mass is 335 g/mol. The van der Waals surface area contributed by atoms with Crippen LogP contribution in [-0.2, 0) is 11.3 Å². The summed E-state index contributed by atoms with van der Waals surface area (Å²) in [7, 11) is 0. The van der Waals surface area contributed by atoms with E-state index in [1.54, 1.807) is 6.20 Å². The Hall–Kier alpha value is -3.06. The molecule has 2 aromatic heterocycles. The molecule has 1 N–H and O–H groups in total. The Labute approximate surface area is 141 Å². The van der Waals surface area contributed by atoms with E-state index < -0.39 is 0 Å². The number of thiazole rings is 1. The predicted molar refractivity (Wildman–Crippen MR) is 93.7 cm³/mol. The van der Waals surface area contributed by atoms with Crippen LogP contribution in [-0.4, -0.2) is 25.9 Å². The molecule has 0 atom stereocenters. The molecule has 24 heavy (non-hydrogen) atoms. The Morgan fingerprint density at radius 1 is 1.08 bits per heavy atom. The molecule has 0 aliphatic carbocycles. The number of rotatable bonds is 4. The molecule has 118 valence electrons. The number of carbonyl (C=O) groups excluding carboxylic acids is 1. The first-order chi connectivity index (χ1) is 11.8. The normalized spacial score (nSPS) is 10.8. The Morgan fingerprint density at radius 3 is 2.71 bits per heavy atom. The van der Waals surface area contributed by atoms with Crippen molar-refractivity contribution >= 4 is 32.6 Å². The molecule has 0 aliphatic heterocycles. The maximum Gasteiger partial charge on any atom is 0.247 e. The van der Waals surface area contributed by atoms with E-state index in [9.17, 15) is 4.79 Å². The summed E-state index contributed by atoms with van der Waals surface area (Å²) in [5.41, 5.74) is 2.59. The fourth-order valence-corrected chi connectivity index (χ4v) is 3.23. The van der Waals surface area contributed by atoms with Crippen molar-refractivity contribution in [2.75, 3.05) is 5.32 Å². The number of carbonyl (C=O) groups is 1. The number of aromatic nitrogens is 4. The average molecular weight is 335 g/mol. The molecule has 0 radical (unpaired) electrons. The number of anilines is 1. The number of benzene rings is 2. The largest absolute Gasteiger partial charge is 0.300 e. The van der Waals surface area contributed by atoms with Crippen LogP contribution in [0.2, 0.25) is 0 Å². The third kappa shape index (κ3) is 3.02. The Kier molecular flexibility index (Phi) is 3.76. The van der Waals surface area contributed by atoms with Crippen LogP contribution in [0.5, 0.6) is 0 Å². The van der Waals surface area contributed by atoms with Crippen LogP contribution in [0, 0.1) is 0 Å². The summed E-state index contributed by atoms with van der Waals surface area (Å²) < 4.78 is 2.56. The van der Waals surface area contributed by atoms with Crippen LogP contribution in [0.3, 0.4) is 0 Å². The molecule has 0 fully saturated rings. The third-order valence-corrected chi connectivity index (χ3v) is 4.41. The smallest absolute Gasteiger partial charge is 0.247 e. The van der Waals surface area contributed by atoms with Gasteiger partial charge in [-0.3, -0.25) is 4.79 Å². The van der Waals surface area contributed by atoms with Gasteiger partial charge in [0.05, 0.1) is 16.4 Å². The molecule has 1 amide bonds. The molecule has 0 saturated heterocycles. The summed E-state index contributed by atoms with van der Waals surface area (Å²) >= 11 is 1.45. The number of nitrogens with zero attached hydrogens (tertiary/aromatic N) is 4.